The van der Waals surface area contributed by atoms with E-state index >= 15 is 0 Å². The van der Waals surface area contributed by atoms with E-state index in [-0.39, 0.29) is 23.6 Å². The number of carbonyl (C=O) groups is 2. The molecule has 1 atom stereocenters. The Morgan fingerprint density at radius 3 is 2.75 bits per heavy atom. The third kappa shape index (κ3) is 5.65. The van der Waals surface area contributed by atoms with E-state index in [9.17, 15) is 22.8 Å². The van der Waals surface area contributed by atoms with Crippen molar-refractivity contribution in [3.8, 4) is 5.75 Å². The number of alkyl halides is 3. The van der Waals surface area contributed by atoms with E-state index in [1.54, 1.807) is 4.90 Å². The summed E-state index contributed by atoms with van der Waals surface area (Å²) in [6.07, 6.45) is -0.660. The number of rotatable bonds is 7. The number of hydrogen-bond donors (Lipinski definition) is 2. The van der Waals surface area contributed by atoms with Crippen molar-refractivity contribution in [1.82, 2.24) is 15.3 Å². The highest BCUT2D eigenvalue weighted by molar-refractivity contribution is 5.96. The molecule has 2 amide bonds. The van der Waals surface area contributed by atoms with Crippen molar-refractivity contribution in [2.45, 2.75) is 38.4 Å². The minimum absolute atomic E-state index is 0.0217. The number of methoxy groups -OCH3 is 1. The topological polar surface area (TPSA) is 96.5 Å². The summed E-state index contributed by atoms with van der Waals surface area (Å²) in [7, 11) is 1.29. The highest BCUT2D eigenvalue weighted by Crippen LogP contribution is 2.35. The number of halogens is 3. The van der Waals surface area contributed by atoms with Crippen LogP contribution in [0.2, 0.25) is 0 Å². The average Bonchev–Trinajstić information content (AvgIpc) is 3.21. The van der Waals surface area contributed by atoms with Gasteiger partial charge < -0.3 is 20.3 Å². The number of aromatic nitrogens is 2. The normalized spacial score (nSPS) is 16.0. The zero-order chi connectivity index (χ0) is 23.3. The molecule has 2 N–H and O–H groups in total. The van der Waals surface area contributed by atoms with Gasteiger partial charge in [-0.2, -0.15) is 13.2 Å². The molecule has 0 bridgehead atoms. The maximum absolute atomic E-state index is 12.9. The molecule has 3 heterocycles. The molecule has 2 aromatic rings. The maximum Gasteiger partial charge on any atom is 0.418 e. The number of carbonyl (C=O) groups excluding carboxylic acids is 2. The molecule has 1 aliphatic rings. The summed E-state index contributed by atoms with van der Waals surface area (Å²) in [5.41, 5.74) is -0.544. The Morgan fingerprint density at radius 1 is 1.28 bits per heavy atom. The van der Waals surface area contributed by atoms with Crippen LogP contribution in [0.15, 0.2) is 30.6 Å². The van der Waals surface area contributed by atoms with Crippen LogP contribution in [-0.4, -0.2) is 48.0 Å². The van der Waals surface area contributed by atoms with Gasteiger partial charge in [0.05, 0.1) is 12.7 Å². The third-order valence-corrected chi connectivity index (χ3v) is 4.97. The molecule has 32 heavy (non-hydrogen) atoms. The molecule has 1 fully saturated rings. The van der Waals surface area contributed by atoms with E-state index in [0.29, 0.717) is 49.6 Å². The van der Waals surface area contributed by atoms with E-state index in [1.165, 1.54) is 25.4 Å². The van der Waals surface area contributed by atoms with Gasteiger partial charge in [-0.25, -0.2) is 9.97 Å². The maximum atomic E-state index is 12.9. The van der Waals surface area contributed by atoms with Crippen molar-refractivity contribution in [3.05, 3.63) is 41.7 Å². The Bertz CT molecular complexity index is 983. The Balaban J connectivity index is 1.64. The van der Waals surface area contributed by atoms with Crippen molar-refractivity contribution in [3.63, 3.8) is 0 Å². The second-order valence-electron chi connectivity index (χ2n) is 7.38. The van der Waals surface area contributed by atoms with Crippen LogP contribution in [0.3, 0.4) is 0 Å². The lowest BCUT2D eigenvalue weighted by Crippen LogP contribution is -2.37. The van der Waals surface area contributed by atoms with Crippen LogP contribution in [0.1, 0.15) is 42.1 Å². The fraction of sp³-hybridized carbons (Fsp3) is 0.429. The van der Waals surface area contributed by atoms with Crippen LogP contribution in [0.5, 0.6) is 5.75 Å². The molecule has 0 radical (unpaired) electrons. The molecule has 0 spiro atoms. The second-order valence-corrected chi connectivity index (χ2v) is 7.38. The molecule has 2 aromatic heterocycles. The smallest absolute Gasteiger partial charge is 0.418 e. The van der Waals surface area contributed by atoms with E-state index in [4.69, 9.17) is 4.74 Å². The highest BCUT2D eigenvalue weighted by atomic mass is 19.4. The van der Waals surface area contributed by atoms with Crippen molar-refractivity contribution in [2.24, 2.45) is 0 Å². The van der Waals surface area contributed by atoms with E-state index in [2.05, 4.69) is 20.6 Å². The molecule has 0 aliphatic carbocycles. The second kappa shape index (κ2) is 9.84. The summed E-state index contributed by atoms with van der Waals surface area (Å²) in [6.45, 7) is 2.75. The van der Waals surface area contributed by atoms with Gasteiger partial charge in [-0.15, -0.1) is 0 Å². The van der Waals surface area contributed by atoms with Crippen molar-refractivity contribution >= 4 is 23.5 Å². The van der Waals surface area contributed by atoms with Gasteiger partial charge in [-0.1, -0.05) is 6.92 Å². The molecule has 11 heteroatoms. The molecule has 1 saturated heterocycles. The van der Waals surface area contributed by atoms with Gasteiger partial charge in [0.15, 0.2) is 11.6 Å². The fourth-order valence-corrected chi connectivity index (χ4v) is 3.39. The molecule has 0 saturated carbocycles. The molecule has 172 valence electrons. The number of anilines is 2. The third-order valence-electron chi connectivity index (χ3n) is 4.97. The summed E-state index contributed by atoms with van der Waals surface area (Å²) in [4.78, 5) is 34.1. The first-order valence-corrected chi connectivity index (χ1v) is 10.1. The van der Waals surface area contributed by atoms with Crippen molar-refractivity contribution in [2.75, 3.05) is 30.4 Å². The Labute approximate surface area is 183 Å². The van der Waals surface area contributed by atoms with Gasteiger partial charge in [0.1, 0.15) is 5.82 Å². The lowest BCUT2D eigenvalue weighted by Gasteiger charge is -2.21. The molecule has 0 aromatic carbocycles. The molecular weight excluding hydrogens is 427 g/mol. The number of ether oxygens (including phenoxy) is 1. The minimum Gasteiger partial charge on any atom is -0.493 e. The lowest BCUT2D eigenvalue weighted by molar-refractivity contribution is -0.137. The standard InChI is InChI=1S/C21H24F3N5O3/c1-3-4-18(30)28-17-9-13(5-7-25-17)20(31)27-15-6-8-29(12-15)19-16(32-2)10-14(11-26-19)21(22,23)24/h5,7,9-11,15H,3-4,6,8,12H2,1-2H3,(H,27,31)(H,25,28,30). The largest absolute Gasteiger partial charge is 0.493 e. The highest BCUT2D eigenvalue weighted by Gasteiger charge is 2.33. The predicted molar refractivity (Wildman–Crippen MR) is 112 cm³/mol. The van der Waals surface area contributed by atoms with Gasteiger partial charge in [-0.3, -0.25) is 9.59 Å². The summed E-state index contributed by atoms with van der Waals surface area (Å²) in [5.74, 6) is 0.0953. The van der Waals surface area contributed by atoms with E-state index < -0.39 is 11.7 Å². The molecule has 8 nitrogen and oxygen atoms in total. The van der Waals surface area contributed by atoms with Crippen LogP contribution >= 0.6 is 0 Å². The molecule has 1 unspecified atom stereocenters. The SMILES string of the molecule is CCCC(=O)Nc1cc(C(=O)NC2CCN(c3ncc(C(F)(F)F)cc3OC)C2)ccn1. The van der Waals surface area contributed by atoms with Gasteiger partial charge in [0.2, 0.25) is 5.91 Å². The van der Waals surface area contributed by atoms with Gasteiger partial charge in [0, 0.05) is 43.5 Å². The summed E-state index contributed by atoms with van der Waals surface area (Å²) < 4.78 is 43.9. The number of pyridine rings is 2. The van der Waals surface area contributed by atoms with Gasteiger partial charge >= 0.3 is 6.18 Å². The number of hydrogen-bond acceptors (Lipinski definition) is 6. The average molecular weight is 451 g/mol. The minimum atomic E-state index is -4.51. The Morgan fingerprint density at radius 2 is 2.06 bits per heavy atom. The van der Waals surface area contributed by atoms with E-state index in [1.807, 2.05) is 6.92 Å². The fourth-order valence-electron chi connectivity index (χ4n) is 3.39. The van der Waals surface area contributed by atoms with Crippen LogP contribution in [0.4, 0.5) is 24.8 Å². The van der Waals surface area contributed by atoms with Crippen LogP contribution in [0.25, 0.3) is 0 Å². The number of nitrogens with one attached hydrogen (secondary N) is 2. The number of nitrogens with zero attached hydrogens (tertiary/aromatic N) is 3. The summed E-state index contributed by atoms with van der Waals surface area (Å²) in [6, 6.07) is 3.72. The predicted octanol–water partition coefficient (Wildman–Crippen LogP) is 3.25. The van der Waals surface area contributed by atoms with Crippen molar-refractivity contribution < 1.29 is 27.5 Å². The van der Waals surface area contributed by atoms with Crippen LogP contribution in [-0.2, 0) is 11.0 Å². The quantitative estimate of drug-likeness (QED) is 0.671. The Hall–Kier alpha value is -3.37. The zero-order valence-corrected chi connectivity index (χ0v) is 17.7. The molecule has 1 aliphatic heterocycles. The molecular formula is C21H24F3N5O3. The first kappa shape index (κ1) is 23.3. The van der Waals surface area contributed by atoms with Gasteiger partial charge in [-0.05, 0) is 31.0 Å². The Kier molecular flexibility index (Phi) is 7.16. The van der Waals surface area contributed by atoms with Gasteiger partial charge in [0.25, 0.3) is 5.91 Å². The van der Waals surface area contributed by atoms with Crippen LogP contribution < -0.4 is 20.3 Å². The molecule has 3 rings (SSSR count). The zero-order valence-electron chi connectivity index (χ0n) is 17.7. The summed E-state index contributed by atoms with van der Waals surface area (Å²) in [5, 5.41) is 5.55. The monoisotopic (exact) mass is 451 g/mol. The van der Waals surface area contributed by atoms with E-state index in [0.717, 1.165) is 12.3 Å². The first-order chi connectivity index (χ1) is 15.2. The van der Waals surface area contributed by atoms with Crippen molar-refractivity contribution in [1.29, 1.82) is 0 Å². The summed E-state index contributed by atoms with van der Waals surface area (Å²) >= 11 is 0. The first-order valence-electron chi connectivity index (χ1n) is 10.1. The number of amides is 2. The van der Waals surface area contributed by atoms with Crippen LogP contribution in [0, 0.1) is 0 Å². The lowest BCUT2D eigenvalue weighted by atomic mass is 10.2.